The van der Waals surface area contributed by atoms with Crippen LogP contribution in [-0.2, 0) is 13.0 Å². The quantitative estimate of drug-likeness (QED) is 0.862. The minimum Gasteiger partial charge on any atom is -0.354 e. The van der Waals surface area contributed by atoms with E-state index in [2.05, 4.69) is 63.1 Å². The lowest BCUT2D eigenvalue weighted by molar-refractivity contribution is 0.249. The molecule has 0 aliphatic carbocycles. The van der Waals surface area contributed by atoms with Crippen molar-refractivity contribution in [2.75, 3.05) is 31.1 Å². The molecule has 1 fully saturated rings. The van der Waals surface area contributed by atoms with Gasteiger partial charge in [-0.3, -0.25) is 4.90 Å². The SMILES string of the molecule is CCc1cc(N2CCN(Cc3ccccc3)CC2)ncn1. The number of benzene rings is 1. The van der Waals surface area contributed by atoms with Crippen molar-refractivity contribution in [3.8, 4) is 0 Å². The third-order valence-electron chi connectivity index (χ3n) is 4.02. The minimum atomic E-state index is 0.962. The molecule has 0 atom stereocenters. The van der Waals surface area contributed by atoms with Gasteiger partial charge >= 0.3 is 0 Å². The molecule has 0 unspecified atom stereocenters. The van der Waals surface area contributed by atoms with E-state index in [-0.39, 0.29) is 0 Å². The van der Waals surface area contributed by atoms with E-state index in [1.165, 1.54) is 5.56 Å². The second-order valence-corrected chi connectivity index (χ2v) is 5.47. The zero-order chi connectivity index (χ0) is 14.5. The molecule has 4 nitrogen and oxygen atoms in total. The number of hydrogen-bond acceptors (Lipinski definition) is 4. The first-order valence-corrected chi connectivity index (χ1v) is 7.67. The van der Waals surface area contributed by atoms with Crippen molar-refractivity contribution in [3.63, 3.8) is 0 Å². The van der Waals surface area contributed by atoms with E-state index in [9.17, 15) is 0 Å². The van der Waals surface area contributed by atoms with Crippen LogP contribution >= 0.6 is 0 Å². The van der Waals surface area contributed by atoms with Gasteiger partial charge in [-0.2, -0.15) is 0 Å². The van der Waals surface area contributed by atoms with Crippen LogP contribution in [0.1, 0.15) is 18.2 Å². The fourth-order valence-corrected chi connectivity index (χ4v) is 2.73. The highest BCUT2D eigenvalue weighted by Crippen LogP contribution is 2.15. The highest BCUT2D eigenvalue weighted by molar-refractivity contribution is 5.39. The molecule has 0 N–H and O–H groups in total. The van der Waals surface area contributed by atoms with Crippen LogP contribution in [0.15, 0.2) is 42.7 Å². The lowest BCUT2D eigenvalue weighted by atomic mass is 10.2. The Labute approximate surface area is 126 Å². The summed E-state index contributed by atoms with van der Waals surface area (Å²) in [7, 11) is 0. The Bertz CT molecular complexity index is 562. The molecule has 3 rings (SSSR count). The number of piperazine rings is 1. The van der Waals surface area contributed by atoms with E-state index in [1.807, 2.05) is 0 Å². The van der Waals surface area contributed by atoms with Crippen molar-refractivity contribution < 1.29 is 0 Å². The van der Waals surface area contributed by atoms with Crippen LogP contribution in [0.2, 0.25) is 0 Å². The van der Waals surface area contributed by atoms with Crippen molar-refractivity contribution in [1.82, 2.24) is 14.9 Å². The first-order chi connectivity index (χ1) is 10.3. The number of nitrogens with zero attached hydrogens (tertiary/aromatic N) is 4. The van der Waals surface area contributed by atoms with Crippen LogP contribution in [-0.4, -0.2) is 41.0 Å². The molecule has 4 heteroatoms. The number of aromatic nitrogens is 2. The highest BCUT2D eigenvalue weighted by Gasteiger charge is 2.18. The van der Waals surface area contributed by atoms with Crippen molar-refractivity contribution >= 4 is 5.82 Å². The summed E-state index contributed by atoms with van der Waals surface area (Å²) in [5.74, 6) is 1.07. The zero-order valence-electron chi connectivity index (χ0n) is 12.6. The van der Waals surface area contributed by atoms with E-state index in [0.717, 1.165) is 50.7 Å². The van der Waals surface area contributed by atoms with Gasteiger partial charge in [-0.25, -0.2) is 9.97 Å². The summed E-state index contributed by atoms with van der Waals surface area (Å²) in [5.41, 5.74) is 2.51. The van der Waals surface area contributed by atoms with Gasteiger partial charge in [-0.15, -0.1) is 0 Å². The molecule has 1 aromatic carbocycles. The Morgan fingerprint density at radius 1 is 1.00 bits per heavy atom. The second-order valence-electron chi connectivity index (χ2n) is 5.47. The number of anilines is 1. The standard InChI is InChI=1S/C17H22N4/c1-2-16-12-17(19-14-18-16)21-10-8-20(9-11-21)13-15-6-4-3-5-7-15/h3-7,12,14H,2,8-11,13H2,1H3. The van der Waals surface area contributed by atoms with Gasteiger partial charge in [0.1, 0.15) is 12.1 Å². The zero-order valence-corrected chi connectivity index (χ0v) is 12.6. The topological polar surface area (TPSA) is 32.3 Å². The van der Waals surface area contributed by atoms with Gasteiger partial charge in [0.15, 0.2) is 0 Å². The van der Waals surface area contributed by atoms with Crippen LogP contribution in [0, 0.1) is 0 Å². The molecular formula is C17H22N4. The lowest BCUT2D eigenvalue weighted by Crippen LogP contribution is -2.46. The molecule has 110 valence electrons. The molecule has 1 saturated heterocycles. The fourth-order valence-electron chi connectivity index (χ4n) is 2.73. The summed E-state index contributed by atoms with van der Waals surface area (Å²) in [5, 5.41) is 0. The predicted octanol–water partition coefficient (Wildman–Crippen LogP) is 2.36. The van der Waals surface area contributed by atoms with Crippen molar-refractivity contribution in [3.05, 3.63) is 54.0 Å². The Kier molecular flexibility index (Phi) is 4.46. The molecule has 2 aromatic rings. The lowest BCUT2D eigenvalue weighted by Gasteiger charge is -2.35. The fraction of sp³-hybridized carbons (Fsp3) is 0.412. The molecule has 0 bridgehead atoms. The van der Waals surface area contributed by atoms with Gasteiger partial charge in [-0.05, 0) is 12.0 Å². The molecule has 0 saturated carbocycles. The summed E-state index contributed by atoms with van der Waals surface area (Å²) in [6.45, 7) is 7.41. The highest BCUT2D eigenvalue weighted by atomic mass is 15.3. The van der Waals surface area contributed by atoms with Gasteiger partial charge in [-0.1, -0.05) is 37.3 Å². The maximum Gasteiger partial charge on any atom is 0.132 e. The average Bonchev–Trinajstić information content (AvgIpc) is 2.56. The minimum absolute atomic E-state index is 0.962. The largest absolute Gasteiger partial charge is 0.354 e. The van der Waals surface area contributed by atoms with E-state index in [1.54, 1.807) is 6.33 Å². The number of hydrogen-bond donors (Lipinski definition) is 0. The third-order valence-corrected chi connectivity index (χ3v) is 4.02. The van der Waals surface area contributed by atoms with Crippen LogP contribution in [0.25, 0.3) is 0 Å². The second kappa shape index (κ2) is 6.68. The number of aryl methyl sites for hydroxylation is 1. The van der Waals surface area contributed by atoms with Gasteiger partial charge < -0.3 is 4.90 Å². The average molecular weight is 282 g/mol. The number of rotatable bonds is 4. The summed E-state index contributed by atoms with van der Waals surface area (Å²) in [6.07, 6.45) is 2.65. The molecule has 1 aromatic heterocycles. The Morgan fingerprint density at radius 2 is 1.76 bits per heavy atom. The molecule has 0 radical (unpaired) electrons. The van der Waals surface area contributed by atoms with Crippen LogP contribution in [0.5, 0.6) is 0 Å². The Hall–Kier alpha value is -1.94. The summed E-state index contributed by atoms with van der Waals surface area (Å²) in [6, 6.07) is 12.8. The van der Waals surface area contributed by atoms with Crippen LogP contribution in [0.4, 0.5) is 5.82 Å². The van der Waals surface area contributed by atoms with Gasteiger partial charge in [0, 0.05) is 44.5 Å². The van der Waals surface area contributed by atoms with Crippen molar-refractivity contribution in [1.29, 1.82) is 0 Å². The van der Waals surface area contributed by atoms with Crippen molar-refractivity contribution in [2.45, 2.75) is 19.9 Å². The normalized spacial score (nSPS) is 16.1. The first-order valence-electron chi connectivity index (χ1n) is 7.67. The van der Waals surface area contributed by atoms with E-state index in [0.29, 0.717) is 0 Å². The monoisotopic (exact) mass is 282 g/mol. The summed E-state index contributed by atoms with van der Waals surface area (Å²) < 4.78 is 0. The smallest absolute Gasteiger partial charge is 0.132 e. The van der Waals surface area contributed by atoms with Gasteiger partial charge in [0.2, 0.25) is 0 Å². The van der Waals surface area contributed by atoms with E-state index in [4.69, 9.17) is 0 Å². The first kappa shape index (κ1) is 14.0. The molecule has 2 heterocycles. The molecule has 0 spiro atoms. The van der Waals surface area contributed by atoms with Gasteiger partial charge in [0.25, 0.3) is 0 Å². The maximum absolute atomic E-state index is 4.42. The predicted molar refractivity (Wildman–Crippen MR) is 85.3 cm³/mol. The molecule has 1 aliphatic heterocycles. The molecule has 0 amide bonds. The molecule has 1 aliphatic rings. The summed E-state index contributed by atoms with van der Waals surface area (Å²) in [4.78, 5) is 13.6. The maximum atomic E-state index is 4.42. The van der Waals surface area contributed by atoms with Gasteiger partial charge in [0.05, 0.1) is 0 Å². The van der Waals surface area contributed by atoms with E-state index >= 15 is 0 Å². The van der Waals surface area contributed by atoms with Crippen molar-refractivity contribution in [2.24, 2.45) is 0 Å². The Balaban J connectivity index is 1.57. The van der Waals surface area contributed by atoms with Crippen LogP contribution < -0.4 is 4.90 Å². The van der Waals surface area contributed by atoms with Crippen LogP contribution in [0.3, 0.4) is 0 Å². The molecule has 21 heavy (non-hydrogen) atoms. The molecular weight excluding hydrogens is 260 g/mol. The third kappa shape index (κ3) is 3.58. The summed E-state index contributed by atoms with van der Waals surface area (Å²) >= 11 is 0. The Morgan fingerprint density at radius 3 is 2.48 bits per heavy atom. The van der Waals surface area contributed by atoms with E-state index < -0.39 is 0 Å².